The Hall–Kier alpha value is -3.41. The van der Waals surface area contributed by atoms with Crippen LogP contribution in [0.2, 0.25) is 0 Å². The number of hydrogen-bond donors (Lipinski definition) is 1. The van der Waals surface area contributed by atoms with Crippen molar-refractivity contribution in [2.45, 2.75) is 38.6 Å². The minimum Gasteiger partial charge on any atom is -0.351 e. The van der Waals surface area contributed by atoms with Gasteiger partial charge in [-0.05, 0) is 55.7 Å². The number of nitrogens with zero attached hydrogens (tertiary/aromatic N) is 4. The second kappa shape index (κ2) is 7.20. The van der Waals surface area contributed by atoms with Gasteiger partial charge in [-0.25, -0.2) is 9.97 Å². The molecule has 0 atom stereocenters. The van der Waals surface area contributed by atoms with Gasteiger partial charge in [0.25, 0.3) is 5.91 Å². The number of rotatable bonds is 4. The van der Waals surface area contributed by atoms with Gasteiger partial charge in [-0.2, -0.15) is 0 Å². The van der Waals surface area contributed by atoms with Crippen molar-refractivity contribution in [2.24, 2.45) is 0 Å². The molecule has 1 aliphatic rings. The van der Waals surface area contributed by atoms with Gasteiger partial charge in [-0.15, -0.1) is 0 Å². The third-order valence-electron chi connectivity index (χ3n) is 5.64. The number of aromatic nitrogens is 4. The maximum atomic E-state index is 13.0. The summed E-state index contributed by atoms with van der Waals surface area (Å²) in [6.07, 6.45) is 13.0. The van der Waals surface area contributed by atoms with Crippen molar-refractivity contribution in [2.75, 3.05) is 5.32 Å². The molecule has 146 valence electrons. The van der Waals surface area contributed by atoms with Gasteiger partial charge >= 0.3 is 0 Å². The summed E-state index contributed by atoms with van der Waals surface area (Å²) < 4.78 is 4.27. The van der Waals surface area contributed by atoms with E-state index in [0.717, 1.165) is 22.5 Å². The van der Waals surface area contributed by atoms with Crippen LogP contribution in [0.3, 0.4) is 0 Å². The topological polar surface area (TPSA) is 64.2 Å². The lowest BCUT2D eigenvalue weighted by Crippen LogP contribution is -2.14. The Labute approximate surface area is 169 Å². The minimum absolute atomic E-state index is 0.256. The number of fused-ring (bicyclic) bond motifs is 1. The molecule has 5 rings (SSSR count). The van der Waals surface area contributed by atoms with Crippen molar-refractivity contribution >= 4 is 17.2 Å². The van der Waals surface area contributed by atoms with E-state index in [1.54, 1.807) is 6.20 Å². The molecule has 29 heavy (non-hydrogen) atoms. The van der Waals surface area contributed by atoms with Crippen LogP contribution in [0.5, 0.6) is 0 Å². The lowest BCUT2D eigenvalue weighted by atomic mass is 10.2. The fourth-order valence-electron chi connectivity index (χ4n) is 4.16. The third-order valence-corrected chi connectivity index (χ3v) is 5.64. The molecule has 4 aromatic heterocycles. The molecule has 4 aromatic rings. The average Bonchev–Trinajstić information content (AvgIpc) is 3.46. The van der Waals surface area contributed by atoms with Crippen LogP contribution in [0.1, 0.15) is 47.8 Å². The Morgan fingerprint density at radius 3 is 2.83 bits per heavy atom. The molecule has 1 N–H and O–H groups in total. The van der Waals surface area contributed by atoms with E-state index in [0.29, 0.717) is 17.6 Å². The van der Waals surface area contributed by atoms with E-state index in [1.807, 2.05) is 47.9 Å². The number of aryl methyl sites for hydroxylation is 1. The Morgan fingerprint density at radius 2 is 2.00 bits per heavy atom. The molecule has 4 heterocycles. The molecule has 0 aliphatic heterocycles. The largest absolute Gasteiger partial charge is 0.351 e. The quantitative estimate of drug-likeness (QED) is 0.545. The Kier molecular flexibility index (Phi) is 4.39. The second-order valence-electron chi connectivity index (χ2n) is 7.70. The lowest BCUT2D eigenvalue weighted by molar-refractivity contribution is 0.102. The first-order valence-corrected chi connectivity index (χ1v) is 10.1. The van der Waals surface area contributed by atoms with Crippen molar-refractivity contribution in [1.29, 1.82) is 0 Å². The van der Waals surface area contributed by atoms with Crippen LogP contribution in [0.4, 0.5) is 5.82 Å². The number of anilines is 1. The first-order valence-electron chi connectivity index (χ1n) is 10.1. The Morgan fingerprint density at radius 1 is 1.14 bits per heavy atom. The Balaban J connectivity index is 1.52. The number of carbonyl (C=O) groups excluding carboxylic acids is 1. The molecular weight excluding hydrogens is 362 g/mol. The van der Waals surface area contributed by atoms with Gasteiger partial charge in [0.2, 0.25) is 0 Å². The third kappa shape index (κ3) is 3.31. The molecule has 1 saturated carbocycles. The van der Waals surface area contributed by atoms with E-state index in [9.17, 15) is 4.79 Å². The van der Waals surface area contributed by atoms with E-state index in [1.165, 1.54) is 25.7 Å². The van der Waals surface area contributed by atoms with Crippen molar-refractivity contribution < 1.29 is 4.79 Å². The van der Waals surface area contributed by atoms with Gasteiger partial charge in [0.05, 0.1) is 5.52 Å². The molecule has 1 aliphatic carbocycles. The molecule has 6 heteroatoms. The number of nitrogens with one attached hydrogen (secondary N) is 1. The number of amides is 1. The zero-order valence-corrected chi connectivity index (χ0v) is 16.4. The highest BCUT2D eigenvalue weighted by atomic mass is 16.2. The van der Waals surface area contributed by atoms with Crippen LogP contribution in [0, 0.1) is 6.92 Å². The predicted octanol–water partition coefficient (Wildman–Crippen LogP) is 4.87. The van der Waals surface area contributed by atoms with Crippen molar-refractivity contribution in [3.05, 3.63) is 72.4 Å². The molecule has 0 bridgehead atoms. The Bertz CT molecular complexity index is 1180. The number of imidazole rings is 1. The SMILES string of the molecule is Cc1ccnc(NC(=O)c2nc(-c3ccn(C4CCCC4)c3)n3ccccc23)c1. The summed E-state index contributed by atoms with van der Waals surface area (Å²) >= 11 is 0. The molecule has 0 radical (unpaired) electrons. The average molecular weight is 385 g/mol. The molecular formula is C23H23N5O. The van der Waals surface area contributed by atoms with Gasteiger partial charge in [-0.1, -0.05) is 18.9 Å². The predicted molar refractivity (Wildman–Crippen MR) is 113 cm³/mol. The molecule has 0 saturated heterocycles. The highest BCUT2D eigenvalue weighted by Crippen LogP contribution is 2.32. The van der Waals surface area contributed by atoms with Crippen molar-refractivity contribution in [1.82, 2.24) is 18.9 Å². The molecule has 0 unspecified atom stereocenters. The summed E-state index contributed by atoms with van der Waals surface area (Å²) in [5.74, 6) is 1.05. The lowest BCUT2D eigenvalue weighted by Gasteiger charge is -2.10. The van der Waals surface area contributed by atoms with Crippen LogP contribution in [-0.4, -0.2) is 24.8 Å². The summed E-state index contributed by atoms with van der Waals surface area (Å²) in [6, 6.07) is 12.2. The molecule has 0 aromatic carbocycles. The summed E-state index contributed by atoms with van der Waals surface area (Å²) in [4.78, 5) is 21.9. The monoisotopic (exact) mass is 385 g/mol. The fourth-order valence-corrected chi connectivity index (χ4v) is 4.16. The van der Waals surface area contributed by atoms with Crippen LogP contribution in [0.15, 0.2) is 61.2 Å². The van der Waals surface area contributed by atoms with Crippen LogP contribution < -0.4 is 5.32 Å². The van der Waals surface area contributed by atoms with Gasteiger partial charge in [0, 0.05) is 36.4 Å². The van der Waals surface area contributed by atoms with Gasteiger partial charge < -0.3 is 9.88 Å². The normalized spacial score (nSPS) is 14.5. The van der Waals surface area contributed by atoms with Gasteiger partial charge in [0.1, 0.15) is 11.6 Å². The highest BCUT2D eigenvalue weighted by Gasteiger charge is 2.21. The minimum atomic E-state index is -0.256. The van der Waals surface area contributed by atoms with E-state index < -0.39 is 0 Å². The smallest absolute Gasteiger partial charge is 0.277 e. The summed E-state index contributed by atoms with van der Waals surface area (Å²) in [7, 11) is 0. The van der Waals surface area contributed by atoms with Crippen molar-refractivity contribution in [3.63, 3.8) is 0 Å². The maximum Gasteiger partial charge on any atom is 0.277 e. The summed E-state index contributed by atoms with van der Waals surface area (Å²) in [5.41, 5.74) is 3.24. The van der Waals surface area contributed by atoms with E-state index >= 15 is 0 Å². The summed E-state index contributed by atoms with van der Waals surface area (Å²) in [5, 5.41) is 2.87. The zero-order valence-electron chi connectivity index (χ0n) is 16.4. The highest BCUT2D eigenvalue weighted by molar-refractivity contribution is 6.07. The van der Waals surface area contributed by atoms with Crippen LogP contribution >= 0.6 is 0 Å². The number of pyridine rings is 2. The van der Waals surface area contributed by atoms with Crippen LogP contribution in [0.25, 0.3) is 16.9 Å². The standard InChI is InChI=1S/C23H23N5O/c1-16-9-11-24-20(14-16)25-23(29)21-19-8-4-5-12-28(19)22(26-21)17-10-13-27(15-17)18-6-2-3-7-18/h4-5,8-15,18H,2-3,6-7H2,1H3,(H,24,25,29). The molecule has 6 nitrogen and oxygen atoms in total. The van der Waals surface area contributed by atoms with E-state index in [-0.39, 0.29) is 5.91 Å². The van der Waals surface area contributed by atoms with Gasteiger partial charge in [-0.3, -0.25) is 9.20 Å². The van der Waals surface area contributed by atoms with E-state index in [4.69, 9.17) is 4.98 Å². The summed E-state index contributed by atoms with van der Waals surface area (Å²) in [6.45, 7) is 1.97. The first-order chi connectivity index (χ1) is 14.2. The van der Waals surface area contributed by atoms with Gasteiger partial charge in [0.15, 0.2) is 5.69 Å². The zero-order chi connectivity index (χ0) is 19.8. The fraction of sp³-hybridized carbons (Fsp3) is 0.261. The molecule has 1 amide bonds. The number of carbonyl (C=O) groups is 1. The molecule has 0 spiro atoms. The van der Waals surface area contributed by atoms with E-state index in [2.05, 4.69) is 33.3 Å². The maximum absolute atomic E-state index is 13.0. The second-order valence-corrected chi connectivity index (χ2v) is 7.70. The van der Waals surface area contributed by atoms with Crippen LogP contribution in [-0.2, 0) is 0 Å². The number of hydrogen-bond acceptors (Lipinski definition) is 3. The first kappa shape index (κ1) is 17.7. The molecule has 1 fully saturated rings. The van der Waals surface area contributed by atoms with Crippen molar-refractivity contribution in [3.8, 4) is 11.4 Å².